The third kappa shape index (κ3) is 3.81. The van der Waals surface area contributed by atoms with Gasteiger partial charge < -0.3 is 10.4 Å². The van der Waals surface area contributed by atoms with E-state index in [0.29, 0.717) is 12.1 Å². The smallest absolute Gasteiger partial charge is 0.123 e. The summed E-state index contributed by atoms with van der Waals surface area (Å²) in [6.45, 7) is 2.48. The van der Waals surface area contributed by atoms with Crippen LogP contribution in [0, 0.1) is 5.82 Å². The molecular formula is C16H17BrFNO. The summed E-state index contributed by atoms with van der Waals surface area (Å²) in [6, 6.07) is 11.9. The second-order valence-electron chi connectivity index (χ2n) is 4.60. The van der Waals surface area contributed by atoms with E-state index in [2.05, 4.69) is 34.2 Å². The van der Waals surface area contributed by atoms with Crippen LogP contribution in [0.5, 0.6) is 0 Å². The molecule has 0 heterocycles. The fourth-order valence-electron chi connectivity index (χ4n) is 2.04. The molecule has 2 N–H and O–H groups in total. The summed E-state index contributed by atoms with van der Waals surface area (Å²) in [5.41, 5.74) is 2.90. The minimum absolute atomic E-state index is 0.296. The fraction of sp³-hybridized carbons (Fsp3) is 0.250. The van der Waals surface area contributed by atoms with Crippen molar-refractivity contribution >= 4 is 21.6 Å². The fourth-order valence-corrected chi connectivity index (χ4v) is 2.45. The Morgan fingerprint density at radius 2 is 1.90 bits per heavy atom. The molecule has 106 valence electrons. The van der Waals surface area contributed by atoms with E-state index in [1.54, 1.807) is 12.1 Å². The van der Waals surface area contributed by atoms with E-state index >= 15 is 0 Å². The Labute approximate surface area is 126 Å². The molecule has 0 fully saturated rings. The van der Waals surface area contributed by atoms with Crippen molar-refractivity contribution in [1.29, 1.82) is 0 Å². The number of aliphatic hydroxyl groups is 1. The summed E-state index contributed by atoms with van der Waals surface area (Å²) in [6.07, 6.45) is 0.248. The first-order chi connectivity index (χ1) is 9.60. The Bertz CT molecular complexity index is 571. The van der Waals surface area contributed by atoms with Crippen molar-refractivity contribution in [3.8, 4) is 0 Å². The third-order valence-electron chi connectivity index (χ3n) is 3.19. The lowest BCUT2D eigenvalue weighted by Gasteiger charge is -2.15. The molecule has 0 spiro atoms. The van der Waals surface area contributed by atoms with E-state index < -0.39 is 6.10 Å². The molecule has 2 nitrogen and oxygen atoms in total. The van der Waals surface area contributed by atoms with Crippen molar-refractivity contribution in [3.05, 3.63) is 63.9 Å². The predicted octanol–water partition coefficient (Wildman–Crippen LogP) is 4.30. The summed E-state index contributed by atoms with van der Waals surface area (Å²) < 4.78 is 13.9. The van der Waals surface area contributed by atoms with Gasteiger partial charge in [-0.05, 0) is 47.9 Å². The molecule has 20 heavy (non-hydrogen) atoms. The molecule has 0 aliphatic heterocycles. The normalized spacial score (nSPS) is 12.2. The number of benzene rings is 2. The number of hydrogen-bond acceptors (Lipinski definition) is 2. The highest BCUT2D eigenvalue weighted by molar-refractivity contribution is 9.10. The number of hydrogen-bond donors (Lipinski definition) is 2. The van der Waals surface area contributed by atoms with Gasteiger partial charge in [-0.25, -0.2) is 4.39 Å². The largest absolute Gasteiger partial charge is 0.387 e. The van der Waals surface area contributed by atoms with Gasteiger partial charge in [0.1, 0.15) is 5.82 Å². The van der Waals surface area contributed by atoms with Gasteiger partial charge in [-0.15, -0.1) is 0 Å². The van der Waals surface area contributed by atoms with Crippen LogP contribution in [0.3, 0.4) is 0 Å². The molecule has 1 unspecified atom stereocenters. The maximum atomic E-state index is 12.8. The number of rotatable bonds is 5. The van der Waals surface area contributed by atoms with Crippen molar-refractivity contribution < 1.29 is 9.50 Å². The van der Waals surface area contributed by atoms with E-state index in [4.69, 9.17) is 0 Å². The van der Waals surface area contributed by atoms with Crippen LogP contribution >= 0.6 is 15.9 Å². The topological polar surface area (TPSA) is 32.3 Å². The molecule has 0 amide bonds. The van der Waals surface area contributed by atoms with Crippen LogP contribution in [0.4, 0.5) is 10.1 Å². The SMILES string of the molecule is CCc1cc(Br)ccc1NCC(O)c1ccc(F)cc1. The van der Waals surface area contributed by atoms with Gasteiger partial charge in [-0.2, -0.15) is 0 Å². The zero-order valence-electron chi connectivity index (χ0n) is 11.2. The quantitative estimate of drug-likeness (QED) is 0.852. The van der Waals surface area contributed by atoms with Gasteiger partial charge in [0.05, 0.1) is 6.10 Å². The zero-order valence-corrected chi connectivity index (χ0v) is 12.8. The Kier molecular flexibility index (Phi) is 5.15. The van der Waals surface area contributed by atoms with Crippen LogP contribution in [-0.2, 0) is 6.42 Å². The van der Waals surface area contributed by atoms with Crippen molar-refractivity contribution in [2.75, 3.05) is 11.9 Å². The van der Waals surface area contributed by atoms with Crippen LogP contribution in [0.2, 0.25) is 0 Å². The first kappa shape index (κ1) is 15.0. The summed E-state index contributed by atoms with van der Waals surface area (Å²) in [5.74, 6) is -0.296. The molecule has 0 saturated heterocycles. The summed E-state index contributed by atoms with van der Waals surface area (Å²) in [7, 11) is 0. The van der Waals surface area contributed by atoms with Crippen LogP contribution in [0.1, 0.15) is 24.2 Å². The molecule has 0 radical (unpaired) electrons. The molecule has 2 aromatic carbocycles. The number of aryl methyl sites for hydroxylation is 1. The molecular weight excluding hydrogens is 321 g/mol. The molecule has 0 saturated carbocycles. The first-order valence-electron chi connectivity index (χ1n) is 6.56. The van der Waals surface area contributed by atoms with Crippen molar-refractivity contribution in [3.63, 3.8) is 0 Å². The molecule has 0 aromatic heterocycles. The van der Waals surface area contributed by atoms with Crippen molar-refractivity contribution in [2.24, 2.45) is 0 Å². The number of nitrogens with one attached hydrogen (secondary N) is 1. The maximum absolute atomic E-state index is 12.8. The van der Waals surface area contributed by atoms with E-state index in [1.807, 2.05) is 12.1 Å². The summed E-state index contributed by atoms with van der Waals surface area (Å²) in [5, 5.41) is 13.3. The molecule has 2 rings (SSSR count). The lowest BCUT2D eigenvalue weighted by atomic mass is 10.1. The highest BCUT2D eigenvalue weighted by Crippen LogP contribution is 2.22. The van der Waals surface area contributed by atoms with Gasteiger partial charge >= 0.3 is 0 Å². The molecule has 0 bridgehead atoms. The second-order valence-corrected chi connectivity index (χ2v) is 5.52. The predicted molar refractivity (Wildman–Crippen MR) is 83.4 cm³/mol. The average Bonchev–Trinajstić information content (AvgIpc) is 2.46. The zero-order chi connectivity index (χ0) is 14.5. The monoisotopic (exact) mass is 337 g/mol. The minimum Gasteiger partial charge on any atom is -0.387 e. The van der Waals surface area contributed by atoms with Crippen LogP contribution in [0.25, 0.3) is 0 Å². The summed E-state index contributed by atoms with van der Waals surface area (Å²) >= 11 is 3.45. The van der Waals surface area contributed by atoms with Gasteiger partial charge in [0.2, 0.25) is 0 Å². The van der Waals surface area contributed by atoms with Crippen LogP contribution < -0.4 is 5.32 Å². The molecule has 1 atom stereocenters. The van der Waals surface area contributed by atoms with Gasteiger partial charge in [0.25, 0.3) is 0 Å². The Balaban J connectivity index is 2.03. The Morgan fingerprint density at radius 3 is 2.55 bits per heavy atom. The lowest BCUT2D eigenvalue weighted by Crippen LogP contribution is -2.13. The van der Waals surface area contributed by atoms with Crippen LogP contribution in [-0.4, -0.2) is 11.7 Å². The molecule has 2 aromatic rings. The van der Waals surface area contributed by atoms with Gasteiger partial charge in [0.15, 0.2) is 0 Å². The lowest BCUT2D eigenvalue weighted by molar-refractivity contribution is 0.191. The standard InChI is InChI=1S/C16H17BrFNO/c1-2-11-9-13(17)5-8-15(11)19-10-16(20)12-3-6-14(18)7-4-12/h3-9,16,19-20H,2,10H2,1H3. The molecule has 0 aliphatic rings. The Hall–Kier alpha value is -1.39. The second kappa shape index (κ2) is 6.86. The highest BCUT2D eigenvalue weighted by atomic mass is 79.9. The Morgan fingerprint density at radius 1 is 1.20 bits per heavy atom. The van der Waals surface area contributed by atoms with Gasteiger partial charge in [-0.3, -0.25) is 0 Å². The van der Waals surface area contributed by atoms with E-state index in [0.717, 1.165) is 16.6 Å². The van der Waals surface area contributed by atoms with Gasteiger partial charge in [0, 0.05) is 16.7 Å². The number of anilines is 1. The minimum atomic E-state index is -0.663. The maximum Gasteiger partial charge on any atom is 0.123 e. The first-order valence-corrected chi connectivity index (χ1v) is 7.35. The number of halogens is 2. The highest BCUT2D eigenvalue weighted by Gasteiger charge is 2.08. The number of aliphatic hydroxyl groups excluding tert-OH is 1. The van der Waals surface area contributed by atoms with Crippen LogP contribution in [0.15, 0.2) is 46.9 Å². The molecule has 0 aliphatic carbocycles. The van der Waals surface area contributed by atoms with Crippen molar-refractivity contribution in [2.45, 2.75) is 19.4 Å². The summed E-state index contributed by atoms with van der Waals surface area (Å²) in [4.78, 5) is 0. The van der Waals surface area contributed by atoms with E-state index in [1.165, 1.54) is 17.7 Å². The van der Waals surface area contributed by atoms with E-state index in [-0.39, 0.29) is 5.82 Å². The third-order valence-corrected chi connectivity index (χ3v) is 3.68. The average molecular weight is 338 g/mol. The van der Waals surface area contributed by atoms with E-state index in [9.17, 15) is 9.50 Å². The van der Waals surface area contributed by atoms with Crippen molar-refractivity contribution in [1.82, 2.24) is 0 Å². The molecule has 4 heteroatoms. The van der Waals surface area contributed by atoms with Gasteiger partial charge in [-0.1, -0.05) is 35.0 Å².